The fourth-order valence-electron chi connectivity index (χ4n) is 1.66. The molecule has 0 aliphatic heterocycles. The lowest BCUT2D eigenvalue weighted by Crippen LogP contribution is -2.09. The maximum Gasteiger partial charge on any atom is 0.255 e. The Morgan fingerprint density at radius 1 is 1.16 bits per heavy atom. The molecule has 3 aromatic heterocycles. The predicted octanol–water partition coefficient (Wildman–Crippen LogP) is 1.03. The van der Waals surface area contributed by atoms with Gasteiger partial charge >= 0.3 is 0 Å². The van der Waals surface area contributed by atoms with Crippen LogP contribution >= 0.6 is 11.6 Å². The van der Waals surface area contributed by atoms with Crippen molar-refractivity contribution in [3.05, 3.63) is 47.8 Å². The minimum atomic E-state index is 0.143. The SMILES string of the molecule is Cn1ccnc1Cc1nc(Cl)nc(-n2cccn2)n1. The Labute approximate surface area is 113 Å². The van der Waals surface area contributed by atoms with Gasteiger partial charge in [0.2, 0.25) is 5.28 Å². The van der Waals surface area contributed by atoms with E-state index in [2.05, 4.69) is 25.0 Å². The van der Waals surface area contributed by atoms with Crippen LogP contribution in [0.25, 0.3) is 5.95 Å². The molecule has 0 aliphatic carbocycles. The molecule has 0 fully saturated rings. The van der Waals surface area contributed by atoms with Gasteiger partial charge in [0, 0.05) is 31.8 Å². The van der Waals surface area contributed by atoms with Gasteiger partial charge in [-0.05, 0) is 17.7 Å². The zero-order valence-corrected chi connectivity index (χ0v) is 10.9. The quantitative estimate of drug-likeness (QED) is 0.714. The minimum Gasteiger partial charge on any atom is -0.338 e. The van der Waals surface area contributed by atoms with Crippen LogP contribution in [0.1, 0.15) is 11.6 Å². The highest BCUT2D eigenvalue weighted by Crippen LogP contribution is 2.08. The molecule has 8 heteroatoms. The highest BCUT2D eigenvalue weighted by molar-refractivity contribution is 6.28. The number of imidazole rings is 1. The Kier molecular flexibility index (Phi) is 2.96. The van der Waals surface area contributed by atoms with E-state index in [0.717, 1.165) is 5.82 Å². The van der Waals surface area contributed by atoms with Crippen LogP contribution in [0.2, 0.25) is 5.28 Å². The summed E-state index contributed by atoms with van der Waals surface area (Å²) < 4.78 is 3.45. The van der Waals surface area contributed by atoms with Gasteiger partial charge in [0.05, 0.1) is 6.42 Å². The zero-order chi connectivity index (χ0) is 13.2. The molecule has 3 heterocycles. The third-order valence-corrected chi connectivity index (χ3v) is 2.76. The predicted molar refractivity (Wildman–Crippen MR) is 68.0 cm³/mol. The van der Waals surface area contributed by atoms with Gasteiger partial charge in [0.15, 0.2) is 0 Å². The highest BCUT2D eigenvalue weighted by Gasteiger charge is 2.09. The number of hydrogen-bond acceptors (Lipinski definition) is 5. The van der Waals surface area contributed by atoms with Crippen molar-refractivity contribution in [1.82, 2.24) is 34.3 Å². The van der Waals surface area contributed by atoms with Gasteiger partial charge in [0.25, 0.3) is 5.95 Å². The van der Waals surface area contributed by atoms with E-state index in [1.54, 1.807) is 24.7 Å². The van der Waals surface area contributed by atoms with E-state index in [0.29, 0.717) is 18.2 Å². The van der Waals surface area contributed by atoms with Crippen molar-refractivity contribution in [3.8, 4) is 5.95 Å². The topological polar surface area (TPSA) is 74.3 Å². The third kappa shape index (κ3) is 2.45. The van der Waals surface area contributed by atoms with Crippen molar-refractivity contribution >= 4 is 11.6 Å². The molecule has 96 valence electrons. The molecule has 7 nitrogen and oxygen atoms in total. The number of rotatable bonds is 3. The molecule has 0 aromatic carbocycles. The molecular weight excluding hydrogens is 266 g/mol. The van der Waals surface area contributed by atoms with Gasteiger partial charge in [-0.15, -0.1) is 0 Å². The first-order valence-electron chi connectivity index (χ1n) is 5.59. The molecule has 19 heavy (non-hydrogen) atoms. The van der Waals surface area contributed by atoms with E-state index in [1.165, 1.54) is 4.68 Å². The standard InChI is InChI=1S/C11H10ClN7/c1-18-6-4-13-9(18)7-8-15-10(12)17-11(16-8)19-5-2-3-14-19/h2-6H,7H2,1H3. The van der Waals surface area contributed by atoms with Gasteiger partial charge in [-0.2, -0.15) is 15.1 Å². The largest absolute Gasteiger partial charge is 0.338 e. The Bertz CT molecular complexity index is 689. The summed E-state index contributed by atoms with van der Waals surface area (Å²) in [5.41, 5.74) is 0. The monoisotopic (exact) mass is 275 g/mol. The number of hydrogen-bond donors (Lipinski definition) is 0. The van der Waals surface area contributed by atoms with E-state index in [9.17, 15) is 0 Å². The molecule has 0 radical (unpaired) electrons. The van der Waals surface area contributed by atoms with Crippen molar-refractivity contribution in [2.45, 2.75) is 6.42 Å². The van der Waals surface area contributed by atoms with E-state index in [-0.39, 0.29) is 5.28 Å². The normalized spacial score (nSPS) is 10.8. The molecule has 0 unspecified atom stereocenters. The van der Waals surface area contributed by atoms with Crippen LogP contribution in [0.4, 0.5) is 0 Å². The second-order valence-corrected chi connectivity index (χ2v) is 4.24. The van der Waals surface area contributed by atoms with Gasteiger partial charge in [-0.1, -0.05) is 0 Å². The zero-order valence-electron chi connectivity index (χ0n) is 10.1. The lowest BCUT2D eigenvalue weighted by molar-refractivity contribution is 0.748. The van der Waals surface area contributed by atoms with Crippen molar-refractivity contribution in [2.75, 3.05) is 0 Å². The Hall–Kier alpha value is -2.28. The number of halogens is 1. The van der Waals surface area contributed by atoms with E-state index < -0.39 is 0 Å². The summed E-state index contributed by atoms with van der Waals surface area (Å²) in [5.74, 6) is 1.81. The second-order valence-electron chi connectivity index (χ2n) is 3.90. The third-order valence-electron chi connectivity index (χ3n) is 2.59. The number of nitrogens with zero attached hydrogens (tertiary/aromatic N) is 7. The van der Waals surface area contributed by atoms with Gasteiger partial charge < -0.3 is 4.57 Å². The van der Waals surface area contributed by atoms with Crippen LogP contribution in [0.5, 0.6) is 0 Å². The maximum atomic E-state index is 5.92. The van der Waals surface area contributed by atoms with Crippen molar-refractivity contribution < 1.29 is 0 Å². The van der Waals surface area contributed by atoms with Crippen molar-refractivity contribution in [3.63, 3.8) is 0 Å². The summed E-state index contributed by atoms with van der Waals surface area (Å²) >= 11 is 5.92. The first-order valence-corrected chi connectivity index (χ1v) is 5.97. The summed E-state index contributed by atoms with van der Waals surface area (Å²) in [6.45, 7) is 0. The molecule has 0 amide bonds. The van der Waals surface area contributed by atoms with Crippen molar-refractivity contribution in [1.29, 1.82) is 0 Å². The smallest absolute Gasteiger partial charge is 0.255 e. The molecule has 0 spiro atoms. The summed E-state index contributed by atoms with van der Waals surface area (Å²) in [4.78, 5) is 16.7. The van der Waals surface area contributed by atoms with Crippen molar-refractivity contribution in [2.24, 2.45) is 7.05 Å². The van der Waals surface area contributed by atoms with Gasteiger partial charge in [-0.25, -0.2) is 14.6 Å². The Morgan fingerprint density at radius 2 is 2.05 bits per heavy atom. The maximum absolute atomic E-state index is 5.92. The Balaban J connectivity index is 1.96. The van der Waals surface area contributed by atoms with Crippen LogP contribution in [0.3, 0.4) is 0 Å². The lowest BCUT2D eigenvalue weighted by atomic mass is 10.4. The first-order chi connectivity index (χ1) is 9.22. The highest BCUT2D eigenvalue weighted by atomic mass is 35.5. The molecule has 3 rings (SSSR count). The summed E-state index contributed by atoms with van der Waals surface area (Å²) in [6.07, 6.45) is 7.48. The summed E-state index contributed by atoms with van der Waals surface area (Å²) in [6, 6.07) is 1.79. The molecule has 3 aromatic rings. The van der Waals surface area contributed by atoms with E-state index in [4.69, 9.17) is 11.6 Å². The Morgan fingerprint density at radius 3 is 2.74 bits per heavy atom. The van der Waals surface area contributed by atoms with Crippen LogP contribution in [0, 0.1) is 0 Å². The van der Waals surface area contributed by atoms with Crippen LogP contribution in [-0.2, 0) is 13.5 Å². The van der Waals surface area contributed by atoms with Crippen LogP contribution in [0.15, 0.2) is 30.9 Å². The fraction of sp³-hybridized carbons (Fsp3) is 0.182. The number of aromatic nitrogens is 7. The summed E-state index contributed by atoms with van der Waals surface area (Å²) in [7, 11) is 1.92. The second kappa shape index (κ2) is 4.77. The fourth-order valence-corrected chi connectivity index (χ4v) is 1.83. The molecule has 0 saturated carbocycles. The molecule has 0 bridgehead atoms. The van der Waals surface area contributed by atoms with Crippen LogP contribution in [-0.4, -0.2) is 34.3 Å². The van der Waals surface area contributed by atoms with E-state index >= 15 is 0 Å². The van der Waals surface area contributed by atoms with Gasteiger partial charge in [-0.3, -0.25) is 0 Å². The average Bonchev–Trinajstić information content (AvgIpc) is 3.01. The van der Waals surface area contributed by atoms with E-state index in [1.807, 2.05) is 17.8 Å². The minimum absolute atomic E-state index is 0.143. The van der Waals surface area contributed by atoms with Gasteiger partial charge in [0.1, 0.15) is 11.6 Å². The average molecular weight is 276 g/mol. The molecule has 0 saturated heterocycles. The molecule has 0 aliphatic rings. The van der Waals surface area contributed by atoms with Crippen LogP contribution < -0.4 is 0 Å². The molecular formula is C11H10ClN7. The number of aryl methyl sites for hydroxylation is 1. The molecule has 0 atom stereocenters. The molecule has 0 N–H and O–H groups in total. The lowest BCUT2D eigenvalue weighted by Gasteiger charge is -2.04. The first kappa shape index (κ1) is 11.8. The summed E-state index contributed by atoms with van der Waals surface area (Å²) in [5, 5.41) is 4.21.